The summed E-state index contributed by atoms with van der Waals surface area (Å²) in [6.07, 6.45) is 0. The maximum absolute atomic E-state index is 12.0. The standard InChI is InChI=1S/C20H18N2O5S/c1-14(23)15-6-8-16(9-7-15)26-13-20(25)27-12-19(24)22-17-4-2-3-5-18(17)28-11-10-21/h2-9H,11-13H2,1H3,(H,22,24). The molecule has 0 atom stereocenters. The minimum atomic E-state index is -0.696. The zero-order valence-electron chi connectivity index (χ0n) is 15.1. The molecule has 28 heavy (non-hydrogen) atoms. The molecule has 0 saturated heterocycles. The fraction of sp³-hybridized carbons (Fsp3) is 0.200. The summed E-state index contributed by atoms with van der Waals surface area (Å²) in [6, 6.07) is 15.4. The number of hydrogen-bond donors (Lipinski definition) is 1. The van der Waals surface area contributed by atoms with Gasteiger partial charge in [0.05, 0.1) is 17.5 Å². The number of hydrogen-bond acceptors (Lipinski definition) is 7. The largest absolute Gasteiger partial charge is 0.482 e. The van der Waals surface area contributed by atoms with Gasteiger partial charge < -0.3 is 14.8 Å². The number of nitrogens with one attached hydrogen (secondary N) is 1. The van der Waals surface area contributed by atoms with Crippen molar-refractivity contribution in [3.8, 4) is 11.8 Å². The fourth-order valence-corrected chi connectivity index (χ4v) is 2.78. The van der Waals surface area contributed by atoms with Crippen molar-refractivity contribution in [3.63, 3.8) is 0 Å². The predicted octanol–water partition coefficient (Wildman–Crippen LogP) is 3.07. The molecular formula is C20H18N2O5S. The second-order valence-corrected chi connectivity index (χ2v) is 6.54. The summed E-state index contributed by atoms with van der Waals surface area (Å²) in [7, 11) is 0. The lowest BCUT2D eigenvalue weighted by molar-refractivity contribution is -0.149. The number of carbonyl (C=O) groups is 3. The highest BCUT2D eigenvalue weighted by molar-refractivity contribution is 7.99. The van der Waals surface area contributed by atoms with Crippen molar-refractivity contribution in [3.05, 3.63) is 54.1 Å². The number of carbonyl (C=O) groups excluding carboxylic acids is 3. The van der Waals surface area contributed by atoms with Gasteiger partial charge >= 0.3 is 5.97 Å². The van der Waals surface area contributed by atoms with E-state index in [2.05, 4.69) is 5.32 Å². The SMILES string of the molecule is CC(=O)c1ccc(OCC(=O)OCC(=O)Nc2ccccc2SCC#N)cc1. The van der Waals surface area contributed by atoms with Crippen LogP contribution in [0.25, 0.3) is 0 Å². The van der Waals surface area contributed by atoms with Crippen LogP contribution >= 0.6 is 11.8 Å². The van der Waals surface area contributed by atoms with Crippen LogP contribution in [0.2, 0.25) is 0 Å². The van der Waals surface area contributed by atoms with Crippen molar-refractivity contribution in [1.29, 1.82) is 5.26 Å². The van der Waals surface area contributed by atoms with Gasteiger partial charge in [-0.3, -0.25) is 9.59 Å². The lowest BCUT2D eigenvalue weighted by atomic mass is 10.1. The lowest BCUT2D eigenvalue weighted by Crippen LogP contribution is -2.23. The Balaban J connectivity index is 1.77. The number of benzene rings is 2. The summed E-state index contributed by atoms with van der Waals surface area (Å²) in [5, 5.41) is 11.3. The molecule has 0 saturated carbocycles. The summed E-state index contributed by atoms with van der Waals surface area (Å²) in [6.45, 7) is 0.642. The summed E-state index contributed by atoms with van der Waals surface area (Å²) < 4.78 is 10.2. The molecule has 0 aliphatic rings. The first-order valence-corrected chi connectivity index (χ1v) is 9.26. The number of esters is 1. The summed E-state index contributed by atoms with van der Waals surface area (Å²) in [4.78, 5) is 35.7. The molecule has 0 fully saturated rings. The number of rotatable bonds is 9. The van der Waals surface area contributed by atoms with Gasteiger partial charge in [-0.1, -0.05) is 12.1 Å². The van der Waals surface area contributed by atoms with E-state index in [1.54, 1.807) is 48.5 Å². The maximum atomic E-state index is 12.0. The second-order valence-electron chi connectivity index (χ2n) is 5.52. The quantitative estimate of drug-likeness (QED) is 0.393. The van der Waals surface area contributed by atoms with Crippen molar-refractivity contribution in [2.45, 2.75) is 11.8 Å². The van der Waals surface area contributed by atoms with Crippen LogP contribution in [0.5, 0.6) is 5.75 Å². The third kappa shape index (κ3) is 6.78. The molecule has 2 rings (SSSR count). The zero-order valence-corrected chi connectivity index (χ0v) is 16.0. The topological polar surface area (TPSA) is 105 Å². The number of para-hydroxylation sites is 1. The molecule has 0 radical (unpaired) electrons. The van der Waals surface area contributed by atoms with Gasteiger partial charge in [-0.15, -0.1) is 11.8 Å². The van der Waals surface area contributed by atoms with Gasteiger partial charge in [0, 0.05) is 10.5 Å². The maximum Gasteiger partial charge on any atom is 0.344 e. The number of ether oxygens (including phenoxy) is 2. The minimum Gasteiger partial charge on any atom is -0.482 e. The van der Waals surface area contributed by atoms with E-state index in [9.17, 15) is 14.4 Å². The lowest BCUT2D eigenvalue weighted by Gasteiger charge is -2.10. The van der Waals surface area contributed by atoms with Crippen molar-refractivity contribution < 1.29 is 23.9 Å². The summed E-state index contributed by atoms with van der Waals surface area (Å²) in [5.41, 5.74) is 1.09. The molecule has 8 heteroatoms. The molecule has 1 amide bonds. The highest BCUT2D eigenvalue weighted by Crippen LogP contribution is 2.26. The highest BCUT2D eigenvalue weighted by atomic mass is 32.2. The number of ketones is 1. The molecular weight excluding hydrogens is 380 g/mol. The van der Waals surface area contributed by atoms with Crippen LogP contribution in [0, 0.1) is 11.3 Å². The van der Waals surface area contributed by atoms with Crippen LogP contribution < -0.4 is 10.1 Å². The molecule has 0 aromatic heterocycles. The van der Waals surface area contributed by atoms with E-state index in [4.69, 9.17) is 14.7 Å². The zero-order chi connectivity index (χ0) is 20.4. The van der Waals surface area contributed by atoms with Crippen LogP contribution in [0.4, 0.5) is 5.69 Å². The number of amides is 1. The molecule has 1 N–H and O–H groups in total. The molecule has 0 spiro atoms. The number of Topliss-reactive ketones (excluding diaryl/α,β-unsaturated/α-hetero) is 1. The Kier molecular flexibility index (Phi) is 8.06. The van der Waals surface area contributed by atoms with Crippen molar-refractivity contribution in [2.24, 2.45) is 0 Å². The number of thioether (sulfide) groups is 1. The Hall–Kier alpha value is -3.31. The van der Waals surface area contributed by atoms with Gasteiger partial charge in [0.25, 0.3) is 5.91 Å². The number of anilines is 1. The first-order chi connectivity index (χ1) is 13.5. The minimum absolute atomic E-state index is 0.0652. The third-order valence-electron chi connectivity index (χ3n) is 3.44. The fourth-order valence-electron chi connectivity index (χ4n) is 2.11. The Labute approximate surface area is 166 Å². The van der Waals surface area contributed by atoms with Gasteiger partial charge in [0.2, 0.25) is 0 Å². The third-order valence-corrected chi connectivity index (χ3v) is 4.38. The average Bonchev–Trinajstić information content (AvgIpc) is 2.70. The Bertz CT molecular complexity index is 890. The molecule has 0 heterocycles. The first kappa shape index (κ1) is 21.0. The van der Waals surface area contributed by atoms with E-state index in [1.165, 1.54) is 18.7 Å². The molecule has 0 bridgehead atoms. The number of nitriles is 1. The van der Waals surface area contributed by atoms with Gasteiger partial charge in [0.15, 0.2) is 19.0 Å². The van der Waals surface area contributed by atoms with Crippen molar-refractivity contribution in [2.75, 3.05) is 24.3 Å². The van der Waals surface area contributed by atoms with E-state index >= 15 is 0 Å². The van der Waals surface area contributed by atoms with E-state index in [-0.39, 0.29) is 18.1 Å². The van der Waals surface area contributed by atoms with E-state index in [0.29, 0.717) is 17.0 Å². The molecule has 7 nitrogen and oxygen atoms in total. The van der Waals surface area contributed by atoms with Gasteiger partial charge in [0.1, 0.15) is 5.75 Å². The summed E-state index contributed by atoms with van der Waals surface area (Å²) in [5.74, 6) is -0.589. The van der Waals surface area contributed by atoms with Gasteiger partial charge in [-0.25, -0.2) is 4.79 Å². The van der Waals surface area contributed by atoms with Crippen LogP contribution in [0.1, 0.15) is 17.3 Å². The van der Waals surface area contributed by atoms with Crippen molar-refractivity contribution >= 4 is 35.1 Å². The summed E-state index contributed by atoms with van der Waals surface area (Å²) >= 11 is 1.30. The van der Waals surface area contributed by atoms with Crippen LogP contribution in [-0.4, -0.2) is 36.6 Å². The van der Waals surface area contributed by atoms with Crippen LogP contribution in [-0.2, 0) is 14.3 Å². The predicted molar refractivity (Wildman–Crippen MR) is 104 cm³/mol. The molecule has 0 aliphatic carbocycles. The Morgan fingerprint density at radius 1 is 1.07 bits per heavy atom. The van der Waals surface area contributed by atoms with Gasteiger partial charge in [-0.05, 0) is 43.3 Å². The van der Waals surface area contributed by atoms with Crippen molar-refractivity contribution in [1.82, 2.24) is 0 Å². The Morgan fingerprint density at radius 3 is 2.46 bits per heavy atom. The Morgan fingerprint density at radius 2 is 1.79 bits per heavy atom. The molecule has 0 aliphatic heterocycles. The highest BCUT2D eigenvalue weighted by Gasteiger charge is 2.11. The first-order valence-electron chi connectivity index (χ1n) is 8.27. The van der Waals surface area contributed by atoms with Crippen LogP contribution in [0.15, 0.2) is 53.4 Å². The number of nitrogens with zero attached hydrogens (tertiary/aromatic N) is 1. The monoisotopic (exact) mass is 398 g/mol. The average molecular weight is 398 g/mol. The molecule has 144 valence electrons. The van der Waals surface area contributed by atoms with E-state index < -0.39 is 18.5 Å². The van der Waals surface area contributed by atoms with Crippen LogP contribution in [0.3, 0.4) is 0 Å². The second kappa shape index (κ2) is 10.7. The van der Waals surface area contributed by atoms with E-state index in [0.717, 1.165) is 4.90 Å². The van der Waals surface area contributed by atoms with E-state index in [1.807, 2.05) is 6.07 Å². The normalized spacial score (nSPS) is 9.86. The van der Waals surface area contributed by atoms with Gasteiger partial charge in [-0.2, -0.15) is 5.26 Å². The smallest absolute Gasteiger partial charge is 0.344 e. The molecule has 2 aromatic rings. The molecule has 0 unspecified atom stereocenters. The molecule has 2 aromatic carbocycles.